The van der Waals surface area contributed by atoms with Gasteiger partial charge in [-0.2, -0.15) is 5.10 Å². The van der Waals surface area contributed by atoms with Crippen molar-refractivity contribution in [1.82, 2.24) is 9.99 Å². The molecule has 0 radical (unpaired) electrons. The summed E-state index contributed by atoms with van der Waals surface area (Å²) in [6.07, 6.45) is 0.801. The second-order valence-corrected chi connectivity index (χ2v) is 8.02. The summed E-state index contributed by atoms with van der Waals surface area (Å²) in [6.45, 7) is 4.27. The van der Waals surface area contributed by atoms with Crippen LogP contribution in [0.4, 0.5) is 0 Å². The van der Waals surface area contributed by atoms with Crippen molar-refractivity contribution >= 4 is 38.5 Å². The average Bonchev–Trinajstić information content (AvgIpc) is 3.18. The first-order chi connectivity index (χ1) is 14.5. The summed E-state index contributed by atoms with van der Waals surface area (Å²) >= 11 is 3.44. The Bertz CT molecular complexity index is 1180. The van der Waals surface area contributed by atoms with E-state index in [9.17, 15) is 9.59 Å². The van der Waals surface area contributed by atoms with Crippen LogP contribution in [0.5, 0.6) is 5.75 Å². The van der Waals surface area contributed by atoms with E-state index in [1.165, 1.54) is 5.01 Å². The van der Waals surface area contributed by atoms with Crippen LogP contribution in [0.25, 0.3) is 10.9 Å². The van der Waals surface area contributed by atoms with Crippen LogP contribution in [0.1, 0.15) is 43.9 Å². The molecule has 2 heterocycles. The summed E-state index contributed by atoms with van der Waals surface area (Å²) in [5, 5.41) is 6.93. The molecule has 1 amide bonds. The van der Waals surface area contributed by atoms with Gasteiger partial charge in [-0.3, -0.25) is 9.59 Å². The second kappa shape index (κ2) is 8.44. The van der Waals surface area contributed by atoms with Crippen molar-refractivity contribution in [3.05, 3.63) is 74.5 Å². The van der Waals surface area contributed by atoms with E-state index < -0.39 is 6.04 Å². The smallest absolute Gasteiger partial charge is 0.253 e. The van der Waals surface area contributed by atoms with E-state index >= 15 is 0 Å². The SMILES string of the molecule is CCOc1ccc2cc([C@@H]3CC(c4ccc(Br)cc4)=NN3C(=O)CC)c(=O)[nH]c2c1. The molecule has 0 aliphatic carbocycles. The molecule has 0 spiro atoms. The zero-order valence-corrected chi connectivity index (χ0v) is 18.4. The molecule has 0 bridgehead atoms. The molecule has 3 aromatic rings. The fraction of sp³-hybridized carbons (Fsp3) is 0.261. The molecule has 0 saturated heterocycles. The van der Waals surface area contributed by atoms with Crippen LogP contribution < -0.4 is 10.3 Å². The van der Waals surface area contributed by atoms with Crippen LogP contribution in [0.2, 0.25) is 0 Å². The topological polar surface area (TPSA) is 74.8 Å². The zero-order valence-electron chi connectivity index (χ0n) is 16.8. The van der Waals surface area contributed by atoms with Crippen molar-refractivity contribution in [1.29, 1.82) is 0 Å². The van der Waals surface area contributed by atoms with Gasteiger partial charge in [0.25, 0.3) is 5.56 Å². The number of pyridine rings is 1. The highest BCUT2D eigenvalue weighted by Crippen LogP contribution is 2.33. The van der Waals surface area contributed by atoms with E-state index in [2.05, 4.69) is 26.0 Å². The molecular weight excluding hydrogens is 446 g/mol. The fourth-order valence-electron chi connectivity index (χ4n) is 3.66. The molecule has 1 aliphatic heterocycles. The van der Waals surface area contributed by atoms with Crippen molar-refractivity contribution in [3.8, 4) is 5.75 Å². The number of nitrogens with zero attached hydrogens (tertiary/aromatic N) is 2. The molecule has 154 valence electrons. The van der Waals surface area contributed by atoms with Gasteiger partial charge in [0.1, 0.15) is 5.75 Å². The third-order valence-electron chi connectivity index (χ3n) is 5.16. The maximum absolute atomic E-state index is 12.9. The van der Waals surface area contributed by atoms with Gasteiger partial charge < -0.3 is 9.72 Å². The quantitative estimate of drug-likeness (QED) is 0.586. The van der Waals surface area contributed by atoms with Crippen molar-refractivity contribution in [3.63, 3.8) is 0 Å². The lowest BCUT2D eigenvalue weighted by Gasteiger charge is -2.21. The number of hydrazone groups is 1. The number of aromatic amines is 1. The van der Waals surface area contributed by atoms with Crippen LogP contribution in [-0.2, 0) is 4.79 Å². The monoisotopic (exact) mass is 467 g/mol. The van der Waals surface area contributed by atoms with E-state index in [-0.39, 0.29) is 11.5 Å². The number of rotatable bonds is 5. The molecule has 7 heteroatoms. The highest BCUT2D eigenvalue weighted by atomic mass is 79.9. The number of aromatic nitrogens is 1. The largest absolute Gasteiger partial charge is 0.494 e. The lowest BCUT2D eigenvalue weighted by Crippen LogP contribution is -2.30. The zero-order chi connectivity index (χ0) is 21.3. The van der Waals surface area contributed by atoms with Crippen molar-refractivity contribution < 1.29 is 9.53 Å². The lowest BCUT2D eigenvalue weighted by atomic mass is 9.98. The number of hydrogen-bond acceptors (Lipinski definition) is 4. The number of amides is 1. The van der Waals surface area contributed by atoms with E-state index in [0.29, 0.717) is 36.3 Å². The summed E-state index contributed by atoms with van der Waals surface area (Å²) in [6, 6.07) is 14.8. The van der Waals surface area contributed by atoms with Gasteiger partial charge >= 0.3 is 0 Å². The number of benzene rings is 2. The normalized spacial score (nSPS) is 16.0. The maximum atomic E-state index is 12.9. The van der Waals surface area contributed by atoms with E-state index in [1.807, 2.05) is 55.5 Å². The maximum Gasteiger partial charge on any atom is 0.253 e. The van der Waals surface area contributed by atoms with Gasteiger partial charge in [-0.25, -0.2) is 5.01 Å². The Morgan fingerprint density at radius 1 is 1.20 bits per heavy atom. The molecule has 30 heavy (non-hydrogen) atoms. The van der Waals surface area contributed by atoms with E-state index in [0.717, 1.165) is 21.1 Å². The van der Waals surface area contributed by atoms with Gasteiger partial charge in [0.2, 0.25) is 5.91 Å². The average molecular weight is 468 g/mol. The number of ether oxygens (including phenoxy) is 1. The summed E-state index contributed by atoms with van der Waals surface area (Å²) in [5.74, 6) is 0.594. The minimum absolute atomic E-state index is 0.113. The van der Waals surface area contributed by atoms with Crippen LogP contribution in [-0.4, -0.2) is 28.2 Å². The molecule has 0 fully saturated rings. The van der Waals surface area contributed by atoms with Crippen molar-refractivity contribution in [2.45, 2.75) is 32.7 Å². The van der Waals surface area contributed by atoms with Gasteiger partial charge in [0, 0.05) is 28.9 Å². The first-order valence-corrected chi connectivity index (χ1v) is 10.7. The molecule has 0 unspecified atom stereocenters. The third kappa shape index (κ3) is 3.89. The number of fused-ring (bicyclic) bond motifs is 1. The Labute approximate surface area is 182 Å². The van der Waals surface area contributed by atoms with E-state index in [1.54, 1.807) is 6.92 Å². The van der Waals surface area contributed by atoms with Crippen molar-refractivity contribution in [2.75, 3.05) is 6.61 Å². The van der Waals surface area contributed by atoms with Crippen molar-refractivity contribution in [2.24, 2.45) is 5.10 Å². The van der Waals surface area contributed by atoms with Gasteiger partial charge in [-0.1, -0.05) is 35.0 Å². The summed E-state index contributed by atoms with van der Waals surface area (Å²) in [5.41, 5.74) is 2.75. The molecule has 1 N–H and O–H groups in total. The molecule has 1 aliphatic rings. The summed E-state index contributed by atoms with van der Waals surface area (Å²) in [4.78, 5) is 28.5. The first kappa shape index (κ1) is 20.3. The highest BCUT2D eigenvalue weighted by molar-refractivity contribution is 9.10. The van der Waals surface area contributed by atoms with Crippen LogP contribution in [0.3, 0.4) is 0 Å². The first-order valence-electron chi connectivity index (χ1n) is 9.95. The highest BCUT2D eigenvalue weighted by Gasteiger charge is 2.34. The molecule has 1 atom stereocenters. The predicted octanol–water partition coefficient (Wildman–Crippen LogP) is 4.78. The predicted molar refractivity (Wildman–Crippen MR) is 121 cm³/mol. The Kier molecular flexibility index (Phi) is 5.72. The Hall–Kier alpha value is -2.93. The Morgan fingerprint density at radius 3 is 2.67 bits per heavy atom. The summed E-state index contributed by atoms with van der Waals surface area (Å²) in [7, 11) is 0. The molecule has 0 saturated carbocycles. The molecule has 4 rings (SSSR count). The molecule has 1 aromatic heterocycles. The van der Waals surface area contributed by atoms with Crippen LogP contribution in [0.15, 0.2) is 62.9 Å². The lowest BCUT2D eigenvalue weighted by molar-refractivity contribution is -0.132. The molecule has 2 aromatic carbocycles. The summed E-state index contributed by atoms with van der Waals surface area (Å²) < 4.78 is 6.49. The third-order valence-corrected chi connectivity index (χ3v) is 5.69. The number of hydrogen-bond donors (Lipinski definition) is 1. The van der Waals surface area contributed by atoms with Crippen LogP contribution >= 0.6 is 15.9 Å². The van der Waals surface area contributed by atoms with Gasteiger partial charge in [0.05, 0.1) is 23.9 Å². The number of nitrogens with one attached hydrogen (secondary N) is 1. The van der Waals surface area contributed by atoms with Gasteiger partial charge in [0.15, 0.2) is 0 Å². The van der Waals surface area contributed by atoms with Gasteiger partial charge in [-0.15, -0.1) is 0 Å². The Morgan fingerprint density at radius 2 is 1.97 bits per heavy atom. The van der Waals surface area contributed by atoms with Gasteiger partial charge in [-0.05, 0) is 48.2 Å². The number of carbonyl (C=O) groups excluding carboxylic acids is 1. The minimum atomic E-state index is -0.434. The Balaban J connectivity index is 1.74. The van der Waals surface area contributed by atoms with Crippen LogP contribution in [0, 0.1) is 0 Å². The number of halogens is 1. The fourth-order valence-corrected chi connectivity index (χ4v) is 3.93. The number of carbonyl (C=O) groups is 1. The molecule has 6 nitrogen and oxygen atoms in total. The number of H-pyrrole nitrogens is 1. The minimum Gasteiger partial charge on any atom is -0.494 e. The van der Waals surface area contributed by atoms with E-state index in [4.69, 9.17) is 4.74 Å². The molecular formula is C23H22BrN3O3. The standard InChI is InChI=1S/C23H22BrN3O3/c1-3-22(28)27-21(13-20(26-27)14-5-8-16(24)9-6-14)18-11-15-7-10-17(30-4-2)12-19(15)25-23(18)29/h5-12,21H,3-4,13H2,1-2H3,(H,25,29)/t21-/m0/s1. The second-order valence-electron chi connectivity index (χ2n) is 7.10.